The van der Waals surface area contributed by atoms with Gasteiger partial charge in [0.25, 0.3) is 0 Å². The highest BCUT2D eigenvalue weighted by Crippen LogP contribution is 2.28. The topological polar surface area (TPSA) is 47.6 Å². The zero-order valence-corrected chi connectivity index (χ0v) is 13.2. The molecule has 0 fully saturated rings. The number of carbonyl (C=O) groups excluding carboxylic acids is 1. The van der Waals surface area contributed by atoms with Gasteiger partial charge in [0.1, 0.15) is 12.4 Å². The first-order valence-electron chi connectivity index (χ1n) is 6.81. The summed E-state index contributed by atoms with van der Waals surface area (Å²) in [6.45, 7) is 8.04. The Labute approximate surface area is 121 Å². The smallest absolute Gasteiger partial charge is 0.314 e. The highest BCUT2D eigenvalue weighted by atomic mass is 16.5. The van der Waals surface area contributed by atoms with Gasteiger partial charge in [-0.05, 0) is 40.8 Å². The van der Waals surface area contributed by atoms with Crippen LogP contribution in [-0.2, 0) is 9.53 Å². The summed E-state index contributed by atoms with van der Waals surface area (Å²) in [7, 11) is 3.31. The van der Waals surface area contributed by atoms with E-state index in [1.807, 2.05) is 40.0 Å². The third kappa shape index (κ3) is 3.97. The Hall–Kier alpha value is -1.55. The highest BCUT2D eigenvalue weighted by Gasteiger charge is 2.30. The molecule has 112 valence electrons. The molecule has 0 aliphatic rings. The number of nitrogens with one attached hydrogen (secondary N) is 1. The average Bonchev–Trinajstić information content (AvgIpc) is 2.44. The van der Waals surface area contributed by atoms with E-state index in [1.54, 1.807) is 0 Å². The van der Waals surface area contributed by atoms with Crippen LogP contribution in [-0.4, -0.2) is 26.7 Å². The number of hydrogen-bond acceptors (Lipinski definition) is 4. The predicted octanol–water partition coefficient (Wildman–Crippen LogP) is 2.85. The van der Waals surface area contributed by atoms with Crippen LogP contribution in [0.25, 0.3) is 0 Å². The first-order chi connectivity index (χ1) is 9.31. The van der Waals surface area contributed by atoms with Crippen LogP contribution in [0.2, 0.25) is 0 Å². The first kappa shape index (κ1) is 16.5. The minimum atomic E-state index is -0.667. The van der Waals surface area contributed by atoms with Crippen molar-refractivity contribution in [1.82, 2.24) is 5.32 Å². The van der Waals surface area contributed by atoms with E-state index in [2.05, 4.69) is 18.3 Å². The van der Waals surface area contributed by atoms with Crippen LogP contribution in [0.4, 0.5) is 0 Å². The summed E-state index contributed by atoms with van der Waals surface area (Å²) in [6.07, 6.45) is 0. The molecule has 1 atom stereocenters. The minimum Gasteiger partial charge on any atom is -0.492 e. The largest absolute Gasteiger partial charge is 0.492 e. The van der Waals surface area contributed by atoms with E-state index in [4.69, 9.17) is 9.47 Å². The van der Waals surface area contributed by atoms with Gasteiger partial charge in [-0.15, -0.1) is 0 Å². The molecule has 4 heteroatoms. The molecule has 1 unspecified atom stereocenters. The lowest BCUT2D eigenvalue weighted by Crippen LogP contribution is -2.32. The molecule has 20 heavy (non-hydrogen) atoms. The van der Waals surface area contributed by atoms with Crippen molar-refractivity contribution in [2.75, 3.05) is 20.8 Å². The lowest BCUT2D eigenvalue weighted by Gasteiger charge is -2.24. The molecule has 1 N–H and O–H groups in total. The van der Waals surface area contributed by atoms with Crippen LogP contribution < -0.4 is 10.1 Å². The average molecular weight is 279 g/mol. The van der Waals surface area contributed by atoms with Gasteiger partial charge in [-0.3, -0.25) is 4.79 Å². The van der Waals surface area contributed by atoms with Gasteiger partial charge in [0.15, 0.2) is 0 Å². The fourth-order valence-corrected chi connectivity index (χ4v) is 1.89. The second-order valence-corrected chi connectivity index (χ2v) is 5.72. The van der Waals surface area contributed by atoms with E-state index in [9.17, 15) is 4.79 Å². The number of ether oxygens (including phenoxy) is 2. The van der Waals surface area contributed by atoms with Crippen LogP contribution in [0.3, 0.4) is 0 Å². The van der Waals surface area contributed by atoms with Crippen molar-refractivity contribution in [3.8, 4) is 5.75 Å². The Morgan fingerprint density at radius 2 is 2.05 bits per heavy atom. The van der Waals surface area contributed by atoms with Crippen molar-refractivity contribution in [3.05, 3.63) is 29.3 Å². The fraction of sp³-hybridized carbons (Fsp3) is 0.562. The standard InChI is InChI=1S/C16H25NO3/c1-11-7-8-14(13(9-11)12(2)17-5)20-10-16(3,4)15(18)19-6/h7-9,12,17H,10H2,1-6H3. The number of aryl methyl sites for hydroxylation is 1. The number of hydrogen-bond donors (Lipinski definition) is 1. The summed E-state index contributed by atoms with van der Waals surface area (Å²) < 4.78 is 10.7. The quantitative estimate of drug-likeness (QED) is 0.813. The monoisotopic (exact) mass is 279 g/mol. The van der Waals surface area contributed by atoms with Crippen molar-refractivity contribution in [2.24, 2.45) is 5.41 Å². The second-order valence-electron chi connectivity index (χ2n) is 5.72. The van der Waals surface area contributed by atoms with E-state index < -0.39 is 5.41 Å². The van der Waals surface area contributed by atoms with Crippen LogP contribution in [0.5, 0.6) is 5.75 Å². The maximum Gasteiger partial charge on any atom is 0.314 e. The number of benzene rings is 1. The summed E-state index contributed by atoms with van der Waals surface area (Å²) in [5.41, 5.74) is 1.61. The Kier molecular flexibility index (Phi) is 5.57. The van der Waals surface area contributed by atoms with Crippen molar-refractivity contribution in [1.29, 1.82) is 0 Å². The van der Waals surface area contributed by atoms with Gasteiger partial charge in [-0.25, -0.2) is 0 Å². The first-order valence-corrected chi connectivity index (χ1v) is 6.81. The zero-order valence-electron chi connectivity index (χ0n) is 13.2. The maximum atomic E-state index is 11.7. The summed E-state index contributed by atoms with van der Waals surface area (Å²) in [5, 5.41) is 3.21. The summed E-state index contributed by atoms with van der Waals surface area (Å²) in [6, 6.07) is 6.24. The molecule has 0 bridgehead atoms. The lowest BCUT2D eigenvalue weighted by molar-refractivity contribution is -0.152. The Morgan fingerprint density at radius 1 is 1.40 bits per heavy atom. The summed E-state index contributed by atoms with van der Waals surface area (Å²) >= 11 is 0. The minimum absolute atomic E-state index is 0.186. The molecule has 0 aliphatic carbocycles. The van der Waals surface area contributed by atoms with Gasteiger partial charge >= 0.3 is 5.97 Å². The molecule has 0 aliphatic heterocycles. The van der Waals surface area contributed by atoms with E-state index >= 15 is 0 Å². The molecule has 0 saturated carbocycles. The third-order valence-corrected chi connectivity index (χ3v) is 3.39. The normalized spacial score (nSPS) is 12.9. The molecule has 1 rings (SSSR count). The van der Waals surface area contributed by atoms with Crippen molar-refractivity contribution >= 4 is 5.97 Å². The Morgan fingerprint density at radius 3 is 2.60 bits per heavy atom. The van der Waals surface area contributed by atoms with E-state index in [1.165, 1.54) is 12.7 Å². The molecule has 0 saturated heterocycles. The van der Waals surface area contributed by atoms with Crippen LogP contribution in [0.15, 0.2) is 18.2 Å². The maximum absolute atomic E-state index is 11.7. The van der Waals surface area contributed by atoms with E-state index in [0.717, 1.165) is 11.3 Å². The summed E-state index contributed by atoms with van der Waals surface area (Å²) in [5.74, 6) is 0.530. The van der Waals surface area contributed by atoms with Gasteiger partial charge in [0.05, 0.1) is 12.5 Å². The molecule has 4 nitrogen and oxygen atoms in total. The lowest BCUT2D eigenvalue weighted by atomic mass is 9.95. The highest BCUT2D eigenvalue weighted by molar-refractivity contribution is 5.75. The molecule has 0 spiro atoms. The van der Waals surface area contributed by atoms with Gasteiger partial charge in [-0.2, -0.15) is 0 Å². The number of methoxy groups -OCH3 is 1. The number of esters is 1. The fourth-order valence-electron chi connectivity index (χ4n) is 1.89. The van der Waals surface area contributed by atoms with Gasteiger partial charge in [0, 0.05) is 11.6 Å². The molecular weight excluding hydrogens is 254 g/mol. The zero-order chi connectivity index (χ0) is 15.3. The molecule has 0 radical (unpaired) electrons. The molecule has 1 aromatic carbocycles. The molecule has 0 heterocycles. The van der Waals surface area contributed by atoms with Crippen molar-refractivity contribution in [2.45, 2.75) is 33.7 Å². The molecular formula is C16H25NO3. The second kappa shape index (κ2) is 6.75. The van der Waals surface area contributed by atoms with Crippen LogP contribution in [0, 0.1) is 12.3 Å². The molecule has 1 aromatic rings. The van der Waals surface area contributed by atoms with Crippen molar-refractivity contribution in [3.63, 3.8) is 0 Å². The van der Waals surface area contributed by atoms with E-state index in [-0.39, 0.29) is 18.6 Å². The van der Waals surface area contributed by atoms with Crippen LogP contribution in [0.1, 0.15) is 37.9 Å². The third-order valence-electron chi connectivity index (χ3n) is 3.39. The number of carbonyl (C=O) groups is 1. The molecule has 0 amide bonds. The van der Waals surface area contributed by atoms with E-state index in [0.29, 0.717) is 0 Å². The SMILES string of the molecule is CNC(C)c1cc(C)ccc1OCC(C)(C)C(=O)OC. The Balaban J connectivity index is 2.90. The van der Waals surface area contributed by atoms with Gasteiger partial charge in [0.2, 0.25) is 0 Å². The predicted molar refractivity (Wildman–Crippen MR) is 79.9 cm³/mol. The van der Waals surface area contributed by atoms with Crippen LogP contribution >= 0.6 is 0 Å². The van der Waals surface area contributed by atoms with Gasteiger partial charge < -0.3 is 14.8 Å². The Bertz CT molecular complexity index is 469. The van der Waals surface area contributed by atoms with Crippen molar-refractivity contribution < 1.29 is 14.3 Å². The summed E-state index contributed by atoms with van der Waals surface area (Å²) in [4.78, 5) is 11.7. The molecule has 0 aromatic heterocycles. The number of rotatable bonds is 6. The van der Waals surface area contributed by atoms with Gasteiger partial charge in [-0.1, -0.05) is 17.7 Å².